The van der Waals surface area contributed by atoms with Gasteiger partial charge in [-0.05, 0) is 54.5 Å². The second-order valence-corrected chi connectivity index (χ2v) is 10.3. The number of halogens is 3. The average molecular weight is 491 g/mol. The number of hydrogen-bond acceptors (Lipinski definition) is 5. The number of fused-ring (bicyclic) bond motifs is 3. The Labute approximate surface area is 191 Å². The predicted molar refractivity (Wildman–Crippen MR) is 122 cm³/mol. The van der Waals surface area contributed by atoms with Crippen molar-refractivity contribution < 1.29 is 26.7 Å². The lowest BCUT2D eigenvalue weighted by atomic mass is 9.79. The van der Waals surface area contributed by atoms with Crippen LogP contribution in [0.3, 0.4) is 0 Å². The van der Waals surface area contributed by atoms with Gasteiger partial charge in [-0.15, -0.1) is 11.8 Å². The quantitative estimate of drug-likeness (QED) is 0.540. The van der Waals surface area contributed by atoms with E-state index in [1.54, 1.807) is 17.2 Å². The maximum atomic E-state index is 14.8. The molecular formula is C22H25ClF2O4S2. The molecule has 2 atom stereocenters. The van der Waals surface area contributed by atoms with Crippen molar-refractivity contribution in [2.75, 3.05) is 26.1 Å². The van der Waals surface area contributed by atoms with Crippen LogP contribution < -0.4 is 4.74 Å². The van der Waals surface area contributed by atoms with Gasteiger partial charge in [0.2, 0.25) is 0 Å². The van der Waals surface area contributed by atoms with E-state index in [-0.39, 0.29) is 49.9 Å². The Morgan fingerprint density at radius 1 is 1.16 bits per heavy atom. The van der Waals surface area contributed by atoms with Crippen LogP contribution in [0.15, 0.2) is 53.3 Å². The lowest BCUT2D eigenvalue weighted by Crippen LogP contribution is -2.54. The van der Waals surface area contributed by atoms with E-state index in [0.717, 1.165) is 12.1 Å². The number of thioether (sulfide) groups is 1. The highest BCUT2D eigenvalue weighted by molar-refractivity contribution is 8.01. The summed E-state index contributed by atoms with van der Waals surface area (Å²) in [5.41, 5.74) is -0.244. The van der Waals surface area contributed by atoms with E-state index < -0.39 is 32.1 Å². The van der Waals surface area contributed by atoms with Crippen molar-refractivity contribution in [2.45, 2.75) is 23.5 Å². The smallest absolute Gasteiger partial charge is 0.189 e. The molecule has 2 aromatic carbocycles. The molecule has 1 saturated heterocycles. The lowest BCUT2D eigenvalue weighted by molar-refractivity contribution is -0.00653. The molecule has 0 aliphatic carbocycles. The van der Waals surface area contributed by atoms with Crippen LogP contribution in [0.2, 0.25) is 5.02 Å². The highest BCUT2D eigenvalue weighted by Crippen LogP contribution is 2.53. The van der Waals surface area contributed by atoms with E-state index in [9.17, 15) is 17.2 Å². The molecule has 2 aromatic rings. The highest BCUT2D eigenvalue weighted by atomic mass is 35.5. The van der Waals surface area contributed by atoms with E-state index in [1.165, 1.54) is 24.3 Å². The Morgan fingerprint density at radius 2 is 1.77 bits per heavy atom. The molecule has 2 aliphatic rings. The SMILES string of the molecule is C.C=CSC.O=S(=O)(c1ccc(Cl)cc1)[C@@]12CCOCC1COc1c(F)ccc(F)c12. The maximum Gasteiger partial charge on any atom is 0.189 e. The van der Waals surface area contributed by atoms with E-state index in [1.807, 2.05) is 6.26 Å². The molecule has 0 radical (unpaired) electrons. The monoisotopic (exact) mass is 490 g/mol. The van der Waals surface area contributed by atoms with Gasteiger partial charge in [0.25, 0.3) is 0 Å². The summed E-state index contributed by atoms with van der Waals surface area (Å²) in [7, 11) is -4.08. The van der Waals surface area contributed by atoms with Crippen LogP contribution in [0, 0.1) is 17.6 Å². The average Bonchev–Trinajstić information content (AvgIpc) is 2.76. The van der Waals surface area contributed by atoms with Gasteiger partial charge >= 0.3 is 0 Å². The van der Waals surface area contributed by atoms with Crippen LogP contribution in [0.1, 0.15) is 19.4 Å². The number of benzene rings is 2. The summed E-state index contributed by atoms with van der Waals surface area (Å²) in [5, 5.41) is 2.18. The molecule has 9 heteroatoms. The highest BCUT2D eigenvalue weighted by Gasteiger charge is 2.59. The first kappa shape index (κ1) is 25.6. The van der Waals surface area contributed by atoms with E-state index in [2.05, 4.69) is 6.58 Å². The van der Waals surface area contributed by atoms with Gasteiger partial charge in [0.05, 0.1) is 23.7 Å². The molecule has 0 amide bonds. The minimum absolute atomic E-state index is 0. The molecule has 2 heterocycles. The predicted octanol–water partition coefficient (Wildman–Crippen LogP) is 5.85. The molecule has 0 bridgehead atoms. The Bertz CT molecular complexity index is 1030. The summed E-state index contributed by atoms with van der Waals surface area (Å²) >= 11 is 7.49. The normalized spacial score (nSPS) is 21.9. The minimum atomic E-state index is -4.08. The molecule has 0 aromatic heterocycles. The standard InChI is InChI=1S/C18H15ClF2O4S.C3H6S.CH4/c19-12-1-3-13(4-2-12)26(22,23)18-7-8-24-9-11(18)10-25-17-15(21)6-5-14(20)16(17)18;1-3-4-2;/h1-6,11H,7-10H2;3H,1H2,2H3;1H4/t11?,18-;;/m0../s1. The van der Waals surface area contributed by atoms with E-state index in [0.29, 0.717) is 5.02 Å². The number of sulfone groups is 1. The first-order chi connectivity index (χ1) is 14.3. The molecule has 1 unspecified atom stereocenters. The van der Waals surface area contributed by atoms with Gasteiger partial charge in [0.15, 0.2) is 21.4 Å². The van der Waals surface area contributed by atoms with Gasteiger partial charge < -0.3 is 9.47 Å². The Hall–Kier alpha value is -1.61. The van der Waals surface area contributed by atoms with Crippen molar-refractivity contribution in [3.05, 3.63) is 70.6 Å². The van der Waals surface area contributed by atoms with Crippen molar-refractivity contribution in [2.24, 2.45) is 5.92 Å². The molecule has 170 valence electrons. The van der Waals surface area contributed by atoms with Gasteiger partial charge in [-0.1, -0.05) is 25.6 Å². The van der Waals surface area contributed by atoms with Gasteiger partial charge in [-0.25, -0.2) is 17.2 Å². The molecular weight excluding hydrogens is 466 g/mol. The number of ether oxygens (including phenoxy) is 2. The zero-order chi connectivity index (χ0) is 21.9. The third-order valence-corrected chi connectivity index (χ3v) is 8.46. The number of hydrogen-bond donors (Lipinski definition) is 0. The largest absolute Gasteiger partial charge is 0.490 e. The molecule has 0 N–H and O–H groups in total. The molecule has 4 rings (SSSR count). The first-order valence-electron chi connectivity index (χ1n) is 9.12. The van der Waals surface area contributed by atoms with Crippen LogP contribution in [0.4, 0.5) is 8.78 Å². The Balaban J connectivity index is 0.000000631. The summed E-state index contributed by atoms with van der Waals surface area (Å²) in [6.07, 6.45) is 1.99. The van der Waals surface area contributed by atoms with Crippen LogP contribution in [0.25, 0.3) is 0 Å². The fraction of sp³-hybridized carbons (Fsp3) is 0.364. The summed E-state index contributed by atoms with van der Waals surface area (Å²) in [6.45, 7) is 3.58. The molecule has 1 fully saturated rings. The molecule has 0 saturated carbocycles. The zero-order valence-corrected chi connectivity index (χ0v) is 18.6. The topological polar surface area (TPSA) is 52.6 Å². The summed E-state index contributed by atoms with van der Waals surface area (Å²) < 4.78 is 65.5. The third kappa shape index (κ3) is 4.49. The van der Waals surface area contributed by atoms with Gasteiger partial charge in [0.1, 0.15) is 10.6 Å². The second kappa shape index (κ2) is 10.3. The maximum absolute atomic E-state index is 14.8. The third-order valence-electron chi connectivity index (χ3n) is 5.28. The minimum Gasteiger partial charge on any atom is -0.490 e. The lowest BCUT2D eigenvalue weighted by Gasteiger charge is -2.46. The summed E-state index contributed by atoms with van der Waals surface area (Å²) in [6, 6.07) is 7.56. The van der Waals surface area contributed by atoms with Crippen molar-refractivity contribution in [3.8, 4) is 5.75 Å². The molecule has 4 nitrogen and oxygen atoms in total. The van der Waals surface area contributed by atoms with Gasteiger partial charge in [0, 0.05) is 17.5 Å². The summed E-state index contributed by atoms with van der Waals surface area (Å²) in [5.74, 6) is -2.57. The van der Waals surface area contributed by atoms with Crippen molar-refractivity contribution in [3.63, 3.8) is 0 Å². The van der Waals surface area contributed by atoms with Crippen LogP contribution in [0.5, 0.6) is 5.75 Å². The first-order valence-corrected chi connectivity index (χ1v) is 12.3. The number of rotatable bonds is 3. The Morgan fingerprint density at radius 3 is 2.39 bits per heavy atom. The van der Waals surface area contributed by atoms with E-state index in [4.69, 9.17) is 21.1 Å². The van der Waals surface area contributed by atoms with Crippen LogP contribution >= 0.6 is 23.4 Å². The molecule has 31 heavy (non-hydrogen) atoms. The van der Waals surface area contributed by atoms with Crippen molar-refractivity contribution in [1.82, 2.24) is 0 Å². The zero-order valence-electron chi connectivity index (χ0n) is 16.2. The van der Waals surface area contributed by atoms with Gasteiger partial charge in [-0.3, -0.25) is 0 Å². The van der Waals surface area contributed by atoms with Crippen LogP contribution in [-0.2, 0) is 19.3 Å². The summed E-state index contributed by atoms with van der Waals surface area (Å²) in [4.78, 5) is 0.00492. The Kier molecular flexibility index (Phi) is 8.55. The fourth-order valence-corrected chi connectivity index (χ4v) is 6.29. The van der Waals surface area contributed by atoms with Gasteiger partial charge in [-0.2, -0.15) is 0 Å². The molecule has 2 aliphatic heterocycles. The van der Waals surface area contributed by atoms with Crippen molar-refractivity contribution >= 4 is 33.2 Å². The van der Waals surface area contributed by atoms with Crippen molar-refractivity contribution in [1.29, 1.82) is 0 Å². The van der Waals surface area contributed by atoms with E-state index >= 15 is 0 Å². The van der Waals surface area contributed by atoms with Crippen LogP contribution in [-0.4, -0.2) is 34.5 Å². The molecule has 0 spiro atoms. The second-order valence-electron chi connectivity index (χ2n) is 6.82. The fourth-order valence-electron chi connectivity index (χ4n) is 3.86.